The molecule has 5 heteroatoms. The standard InChI is InChI=1S/C51H50N4S/c1-5-16-33(17-6-1)36-28-29-38(44(32-36)51-53-49(34-18-7-2-8-19-34)52-50(54-51)35-20-9-3-10-21-35)41-25-15-26-42-43-31-30-40-39-24-13-14-27-45(39)55(37-22-11-4-12-23-37)46(40)48(43)56-47(41)42/h2,4-5,7-9,11,16-18,20-22,24-25,27-32,34,40,46,49-50,52H,1,3,6,10,12-15,19,23,26H2,(H,53,54). The first kappa shape index (κ1) is 34.3. The van der Waals surface area contributed by atoms with Gasteiger partial charge in [-0.25, -0.2) is 4.99 Å². The zero-order chi connectivity index (χ0) is 37.0. The van der Waals surface area contributed by atoms with Gasteiger partial charge in [0.05, 0.1) is 6.04 Å². The van der Waals surface area contributed by atoms with Gasteiger partial charge in [-0.1, -0.05) is 115 Å². The summed E-state index contributed by atoms with van der Waals surface area (Å²) in [5.74, 6) is 1.69. The van der Waals surface area contributed by atoms with Crippen molar-refractivity contribution in [3.05, 3.63) is 182 Å². The van der Waals surface area contributed by atoms with Crippen LogP contribution >= 0.6 is 11.3 Å². The van der Waals surface area contributed by atoms with E-state index >= 15 is 0 Å². The Morgan fingerprint density at radius 2 is 1.66 bits per heavy atom. The lowest BCUT2D eigenvalue weighted by Gasteiger charge is -2.36. The van der Waals surface area contributed by atoms with Gasteiger partial charge in [-0.05, 0) is 127 Å². The molecule has 1 fully saturated rings. The maximum atomic E-state index is 5.58. The molecular weight excluding hydrogens is 701 g/mol. The number of nitrogens with one attached hydrogen (secondary N) is 2. The van der Waals surface area contributed by atoms with E-state index in [2.05, 4.69) is 154 Å². The van der Waals surface area contributed by atoms with Crippen molar-refractivity contribution in [2.75, 3.05) is 0 Å². The molecule has 0 spiro atoms. The fourth-order valence-corrected chi connectivity index (χ4v) is 11.9. The molecule has 3 heterocycles. The van der Waals surface area contributed by atoms with E-state index in [-0.39, 0.29) is 12.3 Å². The van der Waals surface area contributed by atoms with Crippen LogP contribution in [0, 0.1) is 11.8 Å². The maximum Gasteiger partial charge on any atom is 0.132 e. The summed E-state index contributed by atoms with van der Waals surface area (Å²) in [5.41, 5.74) is 15.2. The Morgan fingerprint density at radius 3 is 2.50 bits per heavy atom. The Bertz CT molecular complexity index is 2390. The minimum absolute atomic E-state index is 0.00917. The van der Waals surface area contributed by atoms with Gasteiger partial charge in [-0.15, -0.1) is 11.3 Å². The topological polar surface area (TPSA) is 39.7 Å². The first-order valence-corrected chi connectivity index (χ1v) is 22.0. The molecule has 7 aliphatic carbocycles. The number of hydrogen-bond donors (Lipinski definition) is 2. The lowest BCUT2D eigenvalue weighted by atomic mass is 9.82. The van der Waals surface area contributed by atoms with Crippen LogP contribution < -0.4 is 10.6 Å². The molecule has 2 aliphatic heterocycles. The Balaban J connectivity index is 1.04. The van der Waals surface area contributed by atoms with Gasteiger partial charge in [-0.3, -0.25) is 5.32 Å². The SMILES string of the molecule is C1=CCCC(N2C3=CCCC=C3C3C=Cc4c(sc5c4CCC=C5c4ccc(C5=CCCC=C5)cc4C4=NC(C5C=CC=CC5)NC(C5=CCCC=C5)N4)C32)=C1. The van der Waals surface area contributed by atoms with E-state index in [9.17, 15) is 0 Å². The quantitative estimate of drug-likeness (QED) is 0.309. The number of fused-ring (bicyclic) bond motifs is 7. The number of likely N-dealkylation sites (tertiary alicyclic amines) is 1. The summed E-state index contributed by atoms with van der Waals surface area (Å²) in [7, 11) is 0. The zero-order valence-electron chi connectivity index (χ0n) is 32.1. The maximum absolute atomic E-state index is 5.58. The lowest BCUT2D eigenvalue weighted by Crippen LogP contribution is -2.57. The Hall–Kier alpha value is -4.97. The summed E-state index contributed by atoms with van der Waals surface area (Å²) in [6.07, 6.45) is 54.6. The molecule has 5 atom stereocenters. The fourth-order valence-electron chi connectivity index (χ4n) is 10.3. The van der Waals surface area contributed by atoms with E-state index < -0.39 is 0 Å². The molecule has 5 unspecified atom stereocenters. The van der Waals surface area contributed by atoms with E-state index in [1.54, 1.807) is 4.88 Å². The molecular formula is C51H50N4S. The minimum Gasteiger partial charge on any atom is -0.350 e. The van der Waals surface area contributed by atoms with Crippen molar-refractivity contribution in [2.45, 2.75) is 89.0 Å². The number of amidine groups is 1. The van der Waals surface area contributed by atoms with Crippen LogP contribution in [0.25, 0.3) is 17.2 Å². The second kappa shape index (κ2) is 14.5. The van der Waals surface area contributed by atoms with Crippen LogP contribution in [0.4, 0.5) is 0 Å². The molecule has 1 aromatic heterocycles. The van der Waals surface area contributed by atoms with Gasteiger partial charge in [0.1, 0.15) is 18.2 Å². The number of nitrogens with zero attached hydrogens (tertiary/aromatic N) is 2. The van der Waals surface area contributed by atoms with Crippen molar-refractivity contribution < 1.29 is 0 Å². The van der Waals surface area contributed by atoms with Gasteiger partial charge in [-0.2, -0.15) is 0 Å². The van der Waals surface area contributed by atoms with E-state index in [1.807, 2.05) is 0 Å². The molecule has 1 aromatic carbocycles. The second-order valence-corrected chi connectivity index (χ2v) is 17.5. The van der Waals surface area contributed by atoms with Crippen molar-refractivity contribution in [3.8, 4) is 0 Å². The molecule has 4 nitrogen and oxygen atoms in total. The third kappa shape index (κ3) is 5.94. The van der Waals surface area contributed by atoms with E-state index in [0.29, 0.717) is 17.9 Å². The highest BCUT2D eigenvalue weighted by Gasteiger charge is 2.46. The van der Waals surface area contributed by atoms with E-state index in [4.69, 9.17) is 4.99 Å². The highest BCUT2D eigenvalue weighted by molar-refractivity contribution is 7.13. The van der Waals surface area contributed by atoms with Gasteiger partial charge >= 0.3 is 0 Å². The van der Waals surface area contributed by atoms with Gasteiger partial charge in [0.25, 0.3) is 0 Å². The molecule has 56 heavy (non-hydrogen) atoms. The summed E-state index contributed by atoms with van der Waals surface area (Å²) in [6, 6.07) is 7.53. The second-order valence-electron chi connectivity index (χ2n) is 16.5. The number of allylic oxidation sites excluding steroid dienone is 17. The Kier molecular flexibility index (Phi) is 8.89. The van der Waals surface area contributed by atoms with Gasteiger partial charge in [0.2, 0.25) is 0 Å². The molecule has 280 valence electrons. The van der Waals surface area contributed by atoms with Gasteiger partial charge in [0, 0.05) is 38.5 Å². The molecule has 0 saturated carbocycles. The summed E-state index contributed by atoms with van der Waals surface area (Å²) in [6.45, 7) is 0. The molecule has 1 saturated heterocycles. The number of hydrogen-bond acceptors (Lipinski definition) is 5. The molecule has 11 rings (SSSR count). The number of benzene rings is 1. The average Bonchev–Trinajstić information content (AvgIpc) is 3.84. The average molecular weight is 751 g/mol. The first-order chi connectivity index (χ1) is 27.8. The molecule has 9 aliphatic rings. The Labute approximate surface area is 336 Å². The summed E-state index contributed by atoms with van der Waals surface area (Å²) in [5, 5.41) is 7.89. The molecule has 0 radical (unpaired) electrons. The third-order valence-electron chi connectivity index (χ3n) is 13.1. The zero-order valence-corrected chi connectivity index (χ0v) is 32.9. The molecule has 2 N–H and O–H groups in total. The van der Waals surface area contributed by atoms with Gasteiger partial charge < -0.3 is 10.2 Å². The van der Waals surface area contributed by atoms with Crippen LogP contribution in [0.2, 0.25) is 0 Å². The number of thiophene rings is 1. The molecule has 0 amide bonds. The summed E-state index contributed by atoms with van der Waals surface area (Å²) in [4.78, 5) is 11.3. The lowest BCUT2D eigenvalue weighted by molar-refractivity contribution is 0.330. The minimum atomic E-state index is -0.0320. The van der Waals surface area contributed by atoms with Crippen molar-refractivity contribution in [2.24, 2.45) is 16.8 Å². The van der Waals surface area contributed by atoms with Crippen molar-refractivity contribution in [1.82, 2.24) is 15.5 Å². The predicted molar refractivity (Wildman–Crippen MR) is 235 cm³/mol. The number of rotatable bonds is 6. The third-order valence-corrected chi connectivity index (χ3v) is 14.4. The summed E-state index contributed by atoms with van der Waals surface area (Å²) < 4.78 is 0. The normalized spacial score (nSPS) is 28.5. The van der Waals surface area contributed by atoms with Gasteiger partial charge in [0.15, 0.2) is 0 Å². The monoisotopic (exact) mass is 750 g/mol. The van der Waals surface area contributed by atoms with Crippen LogP contribution in [-0.4, -0.2) is 23.1 Å². The highest BCUT2D eigenvalue weighted by Crippen LogP contribution is 2.58. The van der Waals surface area contributed by atoms with Crippen LogP contribution in [0.15, 0.2) is 149 Å². The van der Waals surface area contributed by atoms with Crippen LogP contribution in [-0.2, 0) is 6.42 Å². The molecule has 0 bridgehead atoms. The smallest absolute Gasteiger partial charge is 0.132 e. The highest BCUT2D eigenvalue weighted by atomic mass is 32.1. The Morgan fingerprint density at radius 1 is 0.750 bits per heavy atom. The van der Waals surface area contributed by atoms with E-state index in [0.717, 1.165) is 76.5 Å². The van der Waals surface area contributed by atoms with Crippen molar-refractivity contribution >= 4 is 34.4 Å². The summed E-state index contributed by atoms with van der Waals surface area (Å²) >= 11 is 2.07. The van der Waals surface area contributed by atoms with E-state index in [1.165, 1.54) is 66.4 Å². The van der Waals surface area contributed by atoms with Crippen LogP contribution in [0.3, 0.4) is 0 Å². The van der Waals surface area contributed by atoms with Crippen LogP contribution in [0.5, 0.6) is 0 Å². The molecule has 2 aromatic rings. The first-order valence-electron chi connectivity index (χ1n) is 21.2. The fraction of sp³-hybridized carbons (Fsp3) is 0.314. The predicted octanol–water partition coefficient (Wildman–Crippen LogP) is 11.7. The number of aliphatic imine (C=N–C) groups is 1. The van der Waals surface area contributed by atoms with Crippen molar-refractivity contribution in [3.63, 3.8) is 0 Å². The largest absolute Gasteiger partial charge is 0.350 e. The van der Waals surface area contributed by atoms with Crippen LogP contribution in [0.1, 0.15) is 108 Å². The van der Waals surface area contributed by atoms with Crippen molar-refractivity contribution in [1.29, 1.82) is 0 Å².